The third-order valence-corrected chi connectivity index (χ3v) is 7.46. The number of esters is 2. The molecule has 39 heavy (non-hydrogen) atoms. The summed E-state index contributed by atoms with van der Waals surface area (Å²) in [6, 6.07) is 9.83. The lowest BCUT2D eigenvalue weighted by atomic mass is 9.80. The van der Waals surface area contributed by atoms with Gasteiger partial charge in [0.15, 0.2) is 0 Å². The molecule has 2 aromatic rings. The molecule has 1 aliphatic rings. The maximum atomic E-state index is 15.2. The number of ether oxygens (including phenoxy) is 2. The van der Waals surface area contributed by atoms with Crippen LogP contribution in [0.15, 0.2) is 58.9 Å². The smallest absolute Gasteiger partial charge is 0.336 e. The summed E-state index contributed by atoms with van der Waals surface area (Å²) in [6.45, 7) is 8.38. The molecule has 2 aromatic carbocycles. The van der Waals surface area contributed by atoms with Gasteiger partial charge in [-0.05, 0) is 39.1 Å². The maximum Gasteiger partial charge on any atom is 0.336 e. The Labute approximate surface area is 243 Å². The summed E-state index contributed by atoms with van der Waals surface area (Å²) in [6.07, 6.45) is 0. The lowest BCUT2D eigenvalue weighted by Crippen LogP contribution is -2.37. The highest BCUT2D eigenvalue weighted by Gasteiger charge is 2.40. The molecule has 6 nitrogen and oxygen atoms in total. The van der Waals surface area contributed by atoms with Crippen LogP contribution in [0.25, 0.3) is 0 Å². The van der Waals surface area contributed by atoms with E-state index in [0.29, 0.717) is 34.5 Å². The van der Waals surface area contributed by atoms with Gasteiger partial charge in [-0.15, -0.1) is 0 Å². The topological polar surface area (TPSA) is 67.9 Å². The summed E-state index contributed by atoms with van der Waals surface area (Å²) in [5.74, 6) is -3.16. The highest BCUT2D eigenvalue weighted by Crippen LogP contribution is 2.41. The molecule has 1 atom stereocenters. The first-order valence-corrected chi connectivity index (χ1v) is 13.4. The second-order valence-corrected chi connectivity index (χ2v) is 11.6. The summed E-state index contributed by atoms with van der Waals surface area (Å²) in [5.41, 5.74) is 1.52. The van der Waals surface area contributed by atoms with Crippen molar-refractivity contribution in [1.82, 2.24) is 10.2 Å². The first kappa shape index (κ1) is 31.0. The highest BCUT2D eigenvalue weighted by molar-refractivity contribution is 6.36. The molecule has 0 bridgehead atoms. The van der Waals surface area contributed by atoms with Gasteiger partial charge in [-0.25, -0.2) is 14.0 Å². The number of carbonyl (C=O) groups is 2. The van der Waals surface area contributed by atoms with Crippen molar-refractivity contribution in [2.24, 2.45) is 5.41 Å². The number of benzene rings is 2. The third kappa shape index (κ3) is 7.14. The van der Waals surface area contributed by atoms with E-state index in [2.05, 4.69) is 5.32 Å². The van der Waals surface area contributed by atoms with E-state index in [1.807, 2.05) is 25.8 Å². The molecule has 1 heterocycles. The molecule has 3 rings (SSSR count). The Morgan fingerprint density at radius 2 is 1.51 bits per heavy atom. The van der Waals surface area contributed by atoms with E-state index in [0.717, 1.165) is 5.56 Å². The molecule has 10 heteroatoms. The molecule has 210 valence electrons. The predicted molar refractivity (Wildman–Crippen MR) is 152 cm³/mol. The van der Waals surface area contributed by atoms with Crippen LogP contribution in [-0.4, -0.2) is 44.1 Å². The first-order chi connectivity index (χ1) is 18.3. The second-order valence-electron chi connectivity index (χ2n) is 10.4. The Bertz CT molecular complexity index is 1320. The fourth-order valence-corrected chi connectivity index (χ4v) is 5.52. The minimum absolute atomic E-state index is 0.0597. The summed E-state index contributed by atoms with van der Waals surface area (Å²) in [5, 5.41) is 4.08. The van der Waals surface area contributed by atoms with Gasteiger partial charge in [0.05, 0.1) is 35.8 Å². The normalized spacial score (nSPS) is 15.9. The van der Waals surface area contributed by atoms with Crippen molar-refractivity contribution in [3.8, 4) is 0 Å². The number of nitrogens with one attached hydrogen (secondary N) is 1. The maximum absolute atomic E-state index is 15.2. The largest absolute Gasteiger partial charge is 0.466 e. The molecule has 1 unspecified atom stereocenters. The number of rotatable bonds is 9. The minimum atomic E-state index is -1.07. The van der Waals surface area contributed by atoms with Crippen molar-refractivity contribution in [3.05, 3.63) is 91.0 Å². The van der Waals surface area contributed by atoms with Crippen LogP contribution in [0.3, 0.4) is 0 Å². The lowest BCUT2D eigenvalue weighted by molar-refractivity contribution is -0.142. The van der Waals surface area contributed by atoms with Crippen molar-refractivity contribution < 1.29 is 23.5 Å². The van der Waals surface area contributed by atoms with E-state index in [4.69, 9.17) is 44.3 Å². The Hall–Kier alpha value is -2.58. The van der Waals surface area contributed by atoms with Crippen molar-refractivity contribution in [2.75, 3.05) is 27.3 Å². The summed E-state index contributed by atoms with van der Waals surface area (Å²) in [7, 11) is 3.15. The second kappa shape index (κ2) is 12.7. The SMILES string of the molecule is COC(=O)C1=C(C)NC(C)=C(C(=O)OCC(C)(C)CN(C)Cc2c(Cl)cccc2Cl)C1c1cccc(Cl)c1F. The van der Waals surface area contributed by atoms with Crippen molar-refractivity contribution >= 4 is 46.7 Å². The summed E-state index contributed by atoms with van der Waals surface area (Å²) in [4.78, 5) is 28.4. The minimum Gasteiger partial charge on any atom is -0.466 e. The van der Waals surface area contributed by atoms with E-state index in [9.17, 15) is 9.59 Å². The van der Waals surface area contributed by atoms with Gasteiger partial charge < -0.3 is 19.7 Å². The number of carbonyl (C=O) groups excluding carboxylic acids is 2. The number of methoxy groups -OCH3 is 1. The van der Waals surface area contributed by atoms with Crippen LogP contribution in [0.2, 0.25) is 15.1 Å². The van der Waals surface area contributed by atoms with Crippen LogP contribution in [0.1, 0.15) is 44.7 Å². The zero-order chi connectivity index (χ0) is 29.1. The average molecular weight is 598 g/mol. The fourth-order valence-electron chi connectivity index (χ4n) is 4.82. The zero-order valence-electron chi connectivity index (χ0n) is 22.8. The van der Waals surface area contributed by atoms with Crippen molar-refractivity contribution in [1.29, 1.82) is 0 Å². The summed E-state index contributed by atoms with van der Waals surface area (Å²) < 4.78 is 26.0. The zero-order valence-corrected chi connectivity index (χ0v) is 25.0. The number of allylic oxidation sites excluding steroid dienone is 2. The number of halogens is 4. The Morgan fingerprint density at radius 1 is 0.974 bits per heavy atom. The quantitative estimate of drug-likeness (QED) is 0.317. The molecule has 0 saturated heterocycles. The molecular weight excluding hydrogens is 566 g/mol. The van der Waals surface area contributed by atoms with Crippen LogP contribution in [0.4, 0.5) is 4.39 Å². The lowest BCUT2D eigenvalue weighted by Gasteiger charge is -2.33. The van der Waals surface area contributed by atoms with Crippen LogP contribution < -0.4 is 5.32 Å². The van der Waals surface area contributed by atoms with Gasteiger partial charge >= 0.3 is 11.9 Å². The van der Waals surface area contributed by atoms with E-state index >= 15 is 4.39 Å². The van der Waals surface area contributed by atoms with Crippen molar-refractivity contribution in [2.45, 2.75) is 40.2 Å². The van der Waals surface area contributed by atoms with Crippen LogP contribution in [0, 0.1) is 11.2 Å². The van der Waals surface area contributed by atoms with Gasteiger partial charge in [0, 0.05) is 51.1 Å². The first-order valence-electron chi connectivity index (χ1n) is 12.3. The summed E-state index contributed by atoms with van der Waals surface area (Å²) >= 11 is 18.7. The molecule has 1 N–H and O–H groups in total. The number of nitrogens with zero attached hydrogens (tertiary/aromatic N) is 1. The van der Waals surface area contributed by atoms with Crippen LogP contribution >= 0.6 is 34.8 Å². The molecule has 0 radical (unpaired) electrons. The van der Waals surface area contributed by atoms with Gasteiger partial charge in [-0.1, -0.05) is 66.8 Å². The Morgan fingerprint density at radius 3 is 2.10 bits per heavy atom. The van der Waals surface area contributed by atoms with Gasteiger partial charge in [-0.2, -0.15) is 0 Å². The molecule has 0 saturated carbocycles. The van der Waals surface area contributed by atoms with Gasteiger partial charge in [0.25, 0.3) is 0 Å². The number of hydrogen-bond donors (Lipinski definition) is 1. The molecule has 0 amide bonds. The Balaban J connectivity index is 1.84. The molecule has 1 aliphatic heterocycles. The highest BCUT2D eigenvalue weighted by atomic mass is 35.5. The molecule has 0 aliphatic carbocycles. The third-order valence-electron chi connectivity index (χ3n) is 6.46. The van der Waals surface area contributed by atoms with E-state index in [1.165, 1.54) is 19.2 Å². The Kier molecular flexibility index (Phi) is 10.1. The molecule has 0 fully saturated rings. The van der Waals surface area contributed by atoms with E-state index in [1.54, 1.807) is 38.1 Å². The van der Waals surface area contributed by atoms with Crippen LogP contribution in [-0.2, 0) is 25.6 Å². The van der Waals surface area contributed by atoms with Gasteiger partial charge in [-0.3, -0.25) is 0 Å². The standard InChI is InChI=1S/C29H32Cl3FN2O4/c1-16-23(27(36)38-6)25(18-9-7-12-22(32)26(18)33)24(17(2)34-16)28(37)39-15-29(3,4)14-35(5)13-19-20(30)10-8-11-21(19)31/h7-12,25,34H,13-15H2,1-6H3. The number of hydrogen-bond acceptors (Lipinski definition) is 6. The molecule has 0 spiro atoms. The predicted octanol–water partition coefficient (Wildman–Crippen LogP) is 6.90. The van der Waals surface area contributed by atoms with E-state index in [-0.39, 0.29) is 28.3 Å². The van der Waals surface area contributed by atoms with Gasteiger partial charge in [0.1, 0.15) is 5.82 Å². The fraction of sp³-hybridized carbons (Fsp3) is 0.379. The monoisotopic (exact) mass is 596 g/mol. The average Bonchev–Trinajstić information content (AvgIpc) is 2.85. The van der Waals surface area contributed by atoms with Gasteiger partial charge in [0.2, 0.25) is 0 Å². The van der Waals surface area contributed by atoms with Crippen molar-refractivity contribution in [3.63, 3.8) is 0 Å². The molecule has 0 aromatic heterocycles. The molecular formula is C29H32Cl3FN2O4. The van der Waals surface area contributed by atoms with E-state index < -0.39 is 29.1 Å². The number of dihydropyridines is 1. The van der Waals surface area contributed by atoms with Crippen LogP contribution in [0.5, 0.6) is 0 Å².